The number of para-hydroxylation sites is 1. The Bertz CT molecular complexity index is 675. The van der Waals surface area contributed by atoms with E-state index in [2.05, 4.69) is 37.5 Å². The zero-order valence-corrected chi connectivity index (χ0v) is 15.3. The Kier molecular flexibility index (Phi) is 6.27. The molecule has 2 N–H and O–H groups in total. The Balaban J connectivity index is 1.80. The van der Waals surface area contributed by atoms with Gasteiger partial charge in [0.15, 0.2) is 0 Å². The highest BCUT2D eigenvalue weighted by Gasteiger charge is 2.17. The Morgan fingerprint density at radius 2 is 1.71 bits per heavy atom. The van der Waals surface area contributed by atoms with E-state index in [1.54, 1.807) is 0 Å². The normalized spacial score (nSPS) is 11.2. The van der Waals surface area contributed by atoms with Crippen molar-refractivity contribution < 1.29 is 4.79 Å². The summed E-state index contributed by atoms with van der Waals surface area (Å²) >= 11 is 5.86. The Morgan fingerprint density at radius 1 is 1.04 bits per heavy atom. The Hall–Kier alpha value is -2.00. The zero-order valence-electron chi connectivity index (χ0n) is 14.5. The molecule has 0 spiro atoms. The van der Waals surface area contributed by atoms with E-state index in [-0.39, 0.29) is 17.9 Å². The summed E-state index contributed by atoms with van der Waals surface area (Å²) in [6, 6.07) is 15.8. The van der Waals surface area contributed by atoms with Crippen LogP contribution in [0.15, 0.2) is 48.5 Å². The topological polar surface area (TPSA) is 41.1 Å². The molecule has 1 amide bonds. The number of amides is 1. The number of benzene rings is 2. The quantitative estimate of drug-likeness (QED) is 0.815. The lowest BCUT2D eigenvalue weighted by Crippen LogP contribution is -2.32. The van der Waals surface area contributed by atoms with Gasteiger partial charge in [0.2, 0.25) is 5.91 Å². The van der Waals surface area contributed by atoms with E-state index in [1.807, 2.05) is 42.5 Å². The first-order chi connectivity index (χ1) is 11.4. The summed E-state index contributed by atoms with van der Waals surface area (Å²) in [4.78, 5) is 12.0. The number of hydrogen-bond acceptors (Lipinski definition) is 2. The molecule has 2 aromatic rings. The summed E-state index contributed by atoms with van der Waals surface area (Å²) in [5.74, 6) is -0.00678. The number of carbonyl (C=O) groups is 1. The molecule has 0 saturated heterocycles. The van der Waals surface area contributed by atoms with Crippen LogP contribution in [-0.4, -0.2) is 19.0 Å². The third-order valence-electron chi connectivity index (χ3n) is 3.82. The number of rotatable bonds is 6. The lowest BCUT2D eigenvalue weighted by molar-refractivity contribution is -0.119. The molecule has 2 aromatic carbocycles. The van der Waals surface area contributed by atoms with Gasteiger partial charge in [-0.3, -0.25) is 4.79 Å². The summed E-state index contributed by atoms with van der Waals surface area (Å²) in [7, 11) is 0. The highest BCUT2D eigenvalue weighted by atomic mass is 35.5. The molecule has 0 unspecified atom stereocenters. The minimum absolute atomic E-state index is 0.00678. The molecule has 0 fully saturated rings. The van der Waals surface area contributed by atoms with Crippen LogP contribution in [0.5, 0.6) is 0 Å². The maximum atomic E-state index is 12.0. The summed E-state index contributed by atoms with van der Waals surface area (Å²) in [5.41, 5.74) is 3.41. The van der Waals surface area contributed by atoms with Crippen LogP contribution in [0.25, 0.3) is 0 Å². The second kappa shape index (κ2) is 8.20. The fourth-order valence-electron chi connectivity index (χ4n) is 2.53. The van der Waals surface area contributed by atoms with Crippen molar-refractivity contribution >= 4 is 23.2 Å². The minimum Gasteiger partial charge on any atom is -0.376 e. The van der Waals surface area contributed by atoms with Gasteiger partial charge in [0.1, 0.15) is 0 Å². The van der Waals surface area contributed by atoms with Gasteiger partial charge in [0.05, 0.1) is 6.54 Å². The predicted octanol–water partition coefficient (Wildman–Crippen LogP) is 4.41. The van der Waals surface area contributed by atoms with Crippen LogP contribution in [0.1, 0.15) is 31.9 Å². The largest absolute Gasteiger partial charge is 0.376 e. The van der Waals surface area contributed by atoms with Crippen molar-refractivity contribution in [3.05, 3.63) is 64.7 Å². The first-order valence-corrected chi connectivity index (χ1v) is 8.58. The van der Waals surface area contributed by atoms with Crippen LogP contribution in [0.3, 0.4) is 0 Å². The fourth-order valence-corrected chi connectivity index (χ4v) is 2.65. The maximum absolute atomic E-state index is 12.0. The zero-order chi connectivity index (χ0) is 17.6. The fraction of sp³-hybridized carbons (Fsp3) is 0.350. The van der Waals surface area contributed by atoms with Crippen molar-refractivity contribution in [3.8, 4) is 0 Å². The van der Waals surface area contributed by atoms with E-state index in [0.717, 1.165) is 22.7 Å². The van der Waals surface area contributed by atoms with Crippen molar-refractivity contribution in [1.29, 1.82) is 0 Å². The van der Waals surface area contributed by atoms with Crippen LogP contribution in [-0.2, 0) is 16.6 Å². The van der Waals surface area contributed by atoms with Gasteiger partial charge >= 0.3 is 0 Å². The summed E-state index contributed by atoms with van der Waals surface area (Å²) in [6.45, 7) is 7.38. The standard InChI is InChI=1S/C20H25ClN2O/c1-20(2,3)17-6-4-5-7-18(17)23-14-19(24)22-13-12-15-8-10-16(21)11-9-15/h4-11,23H,12-14H2,1-3H3,(H,22,24). The highest BCUT2D eigenvalue weighted by molar-refractivity contribution is 6.30. The predicted molar refractivity (Wildman–Crippen MR) is 102 cm³/mol. The lowest BCUT2D eigenvalue weighted by Gasteiger charge is -2.23. The minimum atomic E-state index is -0.00678. The molecule has 0 aliphatic carbocycles. The first kappa shape index (κ1) is 18.3. The third kappa shape index (κ3) is 5.57. The number of nitrogens with one attached hydrogen (secondary N) is 2. The van der Waals surface area contributed by atoms with Crippen LogP contribution in [0.4, 0.5) is 5.69 Å². The molecular formula is C20H25ClN2O. The molecule has 0 saturated carbocycles. The third-order valence-corrected chi connectivity index (χ3v) is 4.08. The van der Waals surface area contributed by atoms with E-state index in [1.165, 1.54) is 5.56 Å². The molecule has 0 radical (unpaired) electrons. The molecule has 3 nitrogen and oxygen atoms in total. The first-order valence-electron chi connectivity index (χ1n) is 8.21. The van der Waals surface area contributed by atoms with Crippen LogP contribution >= 0.6 is 11.6 Å². The molecule has 0 heterocycles. The number of anilines is 1. The van der Waals surface area contributed by atoms with E-state index in [9.17, 15) is 4.79 Å². The second-order valence-electron chi connectivity index (χ2n) is 6.88. The van der Waals surface area contributed by atoms with Crippen molar-refractivity contribution in [2.24, 2.45) is 0 Å². The van der Waals surface area contributed by atoms with E-state index >= 15 is 0 Å². The molecule has 0 aromatic heterocycles. The average molecular weight is 345 g/mol. The molecule has 0 aliphatic heterocycles. The number of halogens is 1. The van der Waals surface area contributed by atoms with Crippen LogP contribution < -0.4 is 10.6 Å². The Morgan fingerprint density at radius 3 is 2.38 bits per heavy atom. The van der Waals surface area contributed by atoms with Crippen molar-refractivity contribution in [3.63, 3.8) is 0 Å². The van der Waals surface area contributed by atoms with Gasteiger partial charge < -0.3 is 10.6 Å². The molecule has 0 atom stereocenters. The number of hydrogen-bond donors (Lipinski definition) is 2. The van der Waals surface area contributed by atoms with Crippen molar-refractivity contribution in [1.82, 2.24) is 5.32 Å². The smallest absolute Gasteiger partial charge is 0.239 e. The van der Waals surface area contributed by atoms with Gasteiger partial charge in [-0.05, 0) is 41.2 Å². The monoisotopic (exact) mass is 344 g/mol. The van der Waals surface area contributed by atoms with E-state index in [4.69, 9.17) is 11.6 Å². The van der Waals surface area contributed by atoms with Gasteiger partial charge in [0.25, 0.3) is 0 Å². The SMILES string of the molecule is CC(C)(C)c1ccccc1NCC(=O)NCCc1ccc(Cl)cc1. The van der Waals surface area contributed by atoms with Crippen molar-refractivity contribution in [2.75, 3.05) is 18.4 Å². The Labute approximate surface area is 149 Å². The van der Waals surface area contributed by atoms with Crippen molar-refractivity contribution in [2.45, 2.75) is 32.6 Å². The molecule has 24 heavy (non-hydrogen) atoms. The molecule has 0 bridgehead atoms. The molecule has 2 rings (SSSR count). The lowest BCUT2D eigenvalue weighted by atomic mass is 9.86. The van der Waals surface area contributed by atoms with Gasteiger partial charge in [-0.2, -0.15) is 0 Å². The number of carbonyl (C=O) groups excluding carboxylic acids is 1. The van der Waals surface area contributed by atoms with Crippen LogP contribution in [0, 0.1) is 0 Å². The van der Waals surface area contributed by atoms with Crippen LogP contribution in [0.2, 0.25) is 5.02 Å². The maximum Gasteiger partial charge on any atom is 0.239 e. The van der Waals surface area contributed by atoms with Gasteiger partial charge in [0, 0.05) is 17.3 Å². The van der Waals surface area contributed by atoms with Gasteiger partial charge in [-0.15, -0.1) is 0 Å². The average Bonchev–Trinajstić information content (AvgIpc) is 2.54. The van der Waals surface area contributed by atoms with Gasteiger partial charge in [-0.25, -0.2) is 0 Å². The summed E-state index contributed by atoms with van der Waals surface area (Å²) in [6.07, 6.45) is 0.793. The van der Waals surface area contributed by atoms with E-state index < -0.39 is 0 Å². The molecule has 0 aliphatic rings. The molecule has 4 heteroatoms. The summed E-state index contributed by atoms with van der Waals surface area (Å²) < 4.78 is 0. The molecule has 128 valence electrons. The van der Waals surface area contributed by atoms with E-state index in [0.29, 0.717) is 6.54 Å². The molecular weight excluding hydrogens is 320 g/mol. The highest BCUT2D eigenvalue weighted by Crippen LogP contribution is 2.28. The second-order valence-corrected chi connectivity index (χ2v) is 7.31. The van der Waals surface area contributed by atoms with Gasteiger partial charge in [-0.1, -0.05) is 62.7 Å². The summed E-state index contributed by atoms with van der Waals surface area (Å²) in [5, 5.41) is 6.91.